The largest absolute Gasteiger partial charge is 0.353 e. The minimum absolute atomic E-state index is 1.18. The molecule has 0 saturated carbocycles. The Morgan fingerprint density at radius 2 is 1.37 bits per heavy atom. The molecule has 3 aromatic heterocycles. The van der Waals surface area contributed by atoms with Crippen LogP contribution in [0.15, 0.2) is 103 Å². The second-order valence-corrected chi connectivity index (χ2v) is 7.95. The van der Waals surface area contributed by atoms with Crippen molar-refractivity contribution in [2.24, 2.45) is 0 Å². The Kier molecular flexibility index (Phi) is 3.03. The van der Waals surface area contributed by atoms with E-state index in [0.717, 1.165) is 0 Å². The molecule has 0 amide bonds. The first kappa shape index (κ1) is 15.8. The Morgan fingerprint density at radius 1 is 0.600 bits per heavy atom. The molecule has 0 spiro atoms. The highest BCUT2D eigenvalue weighted by molar-refractivity contribution is 6.19. The van der Waals surface area contributed by atoms with Gasteiger partial charge < -0.3 is 9.38 Å². The van der Waals surface area contributed by atoms with E-state index in [4.69, 9.17) is 0 Å². The van der Waals surface area contributed by atoms with Gasteiger partial charge in [-0.1, -0.05) is 72.8 Å². The number of nitrogens with zero attached hydrogens (tertiary/aromatic N) is 1. The number of hydrogen-bond acceptors (Lipinski definition) is 0. The number of aromatic nitrogens is 2. The molecule has 0 bridgehead atoms. The zero-order chi connectivity index (χ0) is 19.7. The Bertz CT molecular complexity index is 1750. The lowest BCUT2D eigenvalue weighted by atomic mass is 9.99. The van der Waals surface area contributed by atoms with Crippen LogP contribution in [-0.4, -0.2) is 9.38 Å². The van der Waals surface area contributed by atoms with Crippen LogP contribution in [0.25, 0.3) is 60.1 Å². The maximum atomic E-state index is 3.71. The summed E-state index contributed by atoms with van der Waals surface area (Å²) in [6, 6.07) is 34.9. The van der Waals surface area contributed by atoms with Gasteiger partial charge >= 0.3 is 0 Å². The standard InChI is InChI=1S/C28H18N2/c1-2-8-19-17-20(14-13-18(19)7-1)26-23-10-4-6-12-25(23)30-16-15-22-21-9-3-5-11-24(21)29-27(22)28(26)30/h1-17,29H. The summed E-state index contributed by atoms with van der Waals surface area (Å²) in [5, 5.41) is 6.35. The molecule has 7 rings (SSSR count). The Morgan fingerprint density at radius 3 is 2.30 bits per heavy atom. The normalized spacial score (nSPS) is 12.0. The van der Waals surface area contributed by atoms with Crippen LogP contribution in [0, 0.1) is 0 Å². The van der Waals surface area contributed by atoms with Crippen LogP contribution in [0.1, 0.15) is 0 Å². The smallest absolute Gasteiger partial charge is 0.0784 e. The van der Waals surface area contributed by atoms with E-state index in [1.54, 1.807) is 0 Å². The fraction of sp³-hybridized carbons (Fsp3) is 0. The predicted octanol–water partition coefficient (Wildman–Crippen LogP) is 7.55. The highest BCUT2D eigenvalue weighted by atomic mass is 14.9. The molecule has 3 heterocycles. The molecule has 0 aliphatic rings. The number of aromatic amines is 1. The Hall–Kier alpha value is -4.04. The van der Waals surface area contributed by atoms with Crippen molar-refractivity contribution in [2.45, 2.75) is 0 Å². The highest BCUT2D eigenvalue weighted by Gasteiger charge is 2.18. The van der Waals surface area contributed by atoms with Crippen LogP contribution in [0.5, 0.6) is 0 Å². The Labute approximate surface area is 173 Å². The van der Waals surface area contributed by atoms with Crippen LogP contribution in [0.2, 0.25) is 0 Å². The summed E-state index contributed by atoms with van der Waals surface area (Å²) in [6.45, 7) is 0. The molecule has 0 atom stereocenters. The molecule has 2 nitrogen and oxygen atoms in total. The number of benzene rings is 4. The molecule has 0 unspecified atom stereocenters. The molecule has 0 aliphatic heterocycles. The summed E-state index contributed by atoms with van der Waals surface area (Å²) >= 11 is 0. The van der Waals surface area contributed by atoms with Crippen molar-refractivity contribution in [3.05, 3.63) is 103 Å². The number of H-pyrrole nitrogens is 1. The third-order valence-electron chi connectivity index (χ3n) is 6.32. The minimum Gasteiger partial charge on any atom is -0.353 e. The van der Waals surface area contributed by atoms with Crippen LogP contribution in [0.3, 0.4) is 0 Å². The van der Waals surface area contributed by atoms with Crippen molar-refractivity contribution in [1.82, 2.24) is 9.38 Å². The number of nitrogens with one attached hydrogen (secondary N) is 1. The first-order chi connectivity index (χ1) is 14.9. The molecule has 0 saturated heterocycles. The molecular formula is C28H18N2. The molecule has 0 fully saturated rings. The van der Waals surface area contributed by atoms with E-state index in [2.05, 4.69) is 113 Å². The molecule has 2 heteroatoms. The van der Waals surface area contributed by atoms with Gasteiger partial charge in [0.2, 0.25) is 0 Å². The summed E-state index contributed by atoms with van der Waals surface area (Å²) in [6.07, 6.45) is 2.21. The monoisotopic (exact) mass is 382 g/mol. The van der Waals surface area contributed by atoms with Gasteiger partial charge in [0.1, 0.15) is 0 Å². The molecular weight excluding hydrogens is 364 g/mol. The third-order valence-corrected chi connectivity index (χ3v) is 6.32. The van der Waals surface area contributed by atoms with Gasteiger partial charge in [0, 0.05) is 33.4 Å². The lowest BCUT2D eigenvalue weighted by molar-refractivity contribution is 1.27. The van der Waals surface area contributed by atoms with E-state index in [0.29, 0.717) is 0 Å². The second-order valence-electron chi connectivity index (χ2n) is 7.95. The molecule has 4 aromatic carbocycles. The summed E-state index contributed by atoms with van der Waals surface area (Å²) in [4.78, 5) is 3.71. The van der Waals surface area contributed by atoms with Gasteiger partial charge in [0.05, 0.1) is 16.6 Å². The van der Waals surface area contributed by atoms with E-state index < -0.39 is 0 Å². The van der Waals surface area contributed by atoms with Crippen molar-refractivity contribution < 1.29 is 0 Å². The molecule has 0 radical (unpaired) electrons. The predicted molar refractivity (Wildman–Crippen MR) is 127 cm³/mol. The lowest BCUT2D eigenvalue weighted by Crippen LogP contribution is -1.85. The summed E-state index contributed by atoms with van der Waals surface area (Å²) in [5.41, 5.74) is 7.37. The fourth-order valence-corrected chi connectivity index (χ4v) is 4.97. The van der Waals surface area contributed by atoms with E-state index in [1.807, 2.05) is 0 Å². The topological polar surface area (TPSA) is 20.2 Å². The molecule has 1 N–H and O–H groups in total. The van der Waals surface area contributed by atoms with Gasteiger partial charge in [0.25, 0.3) is 0 Å². The van der Waals surface area contributed by atoms with Gasteiger partial charge in [-0.05, 0) is 40.6 Å². The fourth-order valence-electron chi connectivity index (χ4n) is 4.97. The highest BCUT2D eigenvalue weighted by Crippen LogP contribution is 2.40. The zero-order valence-electron chi connectivity index (χ0n) is 16.3. The van der Waals surface area contributed by atoms with Crippen molar-refractivity contribution >= 4 is 49.0 Å². The van der Waals surface area contributed by atoms with Gasteiger partial charge in [-0.25, -0.2) is 0 Å². The van der Waals surface area contributed by atoms with Crippen LogP contribution >= 0.6 is 0 Å². The first-order valence-electron chi connectivity index (χ1n) is 10.3. The molecule has 30 heavy (non-hydrogen) atoms. The molecule has 7 aromatic rings. The first-order valence-corrected chi connectivity index (χ1v) is 10.3. The average Bonchev–Trinajstić information content (AvgIpc) is 3.34. The quantitative estimate of drug-likeness (QED) is 0.302. The minimum atomic E-state index is 1.18. The van der Waals surface area contributed by atoms with Gasteiger partial charge in [-0.15, -0.1) is 0 Å². The number of para-hydroxylation sites is 2. The number of hydrogen-bond donors (Lipinski definition) is 1. The summed E-state index contributed by atoms with van der Waals surface area (Å²) in [5.74, 6) is 0. The van der Waals surface area contributed by atoms with Crippen LogP contribution in [0.4, 0.5) is 0 Å². The average molecular weight is 382 g/mol. The van der Waals surface area contributed by atoms with Crippen LogP contribution < -0.4 is 0 Å². The van der Waals surface area contributed by atoms with Crippen molar-refractivity contribution in [1.29, 1.82) is 0 Å². The Balaban J connectivity index is 1.71. The third kappa shape index (κ3) is 2.03. The van der Waals surface area contributed by atoms with E-state index >= 15 is 0 Å². The summed E-state index contributed by atoms with van der Waals surface area (Å²) < 4.78 is 2.33. The van der Waals surface area contributed by atoms with Crippen LogP contribution in [-0.2, 0) is 0 Å². The zero-order valence-corrected chi connectivity index (χ0v) is 16.3. The summed E-state index contributed by atoms with van der Waals surface area (Å²) in [7, 11) is 0. The lowest BCUT2D eigenvalue weighted by Gasteiger charge is -2.06. The molecule has 0 aliphatic carbocycles. The van der Waals surface area contributed by atoms with E-state index in [1.165, 1.54) is 60.1 Å². The SMILES string of the molecule is c1ccc2cc(-c3c4ccccc4n4ccc5c6ccccc6[nH]c5c34)ccc2c1. The van der Waals surface area contributed by atoms with Crippen molar-refractivity contribution in [2.75, 3.05) is 0 Å². The second kappa shape index (κ2) is 5.74. The maximum absolute atomic E-state index is 3.71. The maximum Gasteiger partial charge on any atom is 0.0784 e. The van der Waals surface area contributed by atoms with Gasteiger partial charge in [-0.3, -0.25) is 0 Å². The molecule has 140 valence electrons. The van der Waals surface area contributed by atoms with Gasteiger partial charge in [-0.2, -0.15) is 0 Å². The van der Waals surface area contributed by atoms with Crippen molar-refractivity contribution in [3.8, 4) is 11.1 Å². The number of pyridine rings is 1. The van der Waals surface area contributed by atoms with E-state index in [-0.39, 0.29) is 0 Å². The number of rotatable bonds is 1. The van der Waals surface area contributed by atoms with E-state index in [9.17, 15) is 0 Å². The number of fused-ring (bicyclic) bond motifs is 8. The van der Waals surface area contributed by atoms with Crippen molar-refractivity contribution in [3.63, 3.8) is 0 Å². The van der Waals surface area contributed by atoms with Gasteiger partial charge in [0.15, 0.2) is 0 Å².